The van der Waals surface area contributed by atoms with E-state index in [-0.39, 0.29) is 23.9 Å². The predicted molar refractivity (Wildman–Crippen MR) is 116 cm³/mol. The number of likely N-dealkylation sites (tertiary alicyclic amines) is 1. The Morgan fingerprint density at radius 2 is 1.87 bits per heavy atom. The Morgan fingerprint density at radius 3 is 2.57 bits per heavy atom. The number of amides is 3. The molecule has 1 fully saturated rings. The van der Waals surface area contributed by atoms with Gasteiger partial charge in [0.15, 0.2) is 0 Å². The molecule has 160 valence electrons. The third-order valence-electron chi connectivity index (χ3n) is 5.37. The average molecular weight is 412 g/mol. The van der Waals surface area contributed by atoms with Gasteiger partial charge in [-0.1, -0.05) is 18.2 Å². The summed E-state index contributed by atoms with van der Waals surface area (Å²) in [7, 11) is 3.20. The first-order valence-corrected chi connectivity index (χ1v) is 10.1. The van der Waals surface area contributed by atoms with Crippen LogP contribution in [0.2, 0.25) is 0 Å². The van der Waals surface area contributed by atoms with Crippen LogP contribution >= 0.6 is 0 Å². The van der Waals surface area contributed by atoms with E-state index in [1.807, 2.05) is 55.5 Å². The zero-order chi connectivity index (χ0) is 21.5. The van der Waals surface area contributed by atoms with E-state index in [0.29, 0.717) is 24.6 Å². The van der Waals surface area contributed by atoms with Crippen molar-refractivity contribution < 1.29 is 19.1 Å². The molecule has 0 aromatic heterocycles. The van der Waals surface area contributed by atoms with Gasteiger partial charge in [-0.05, 0) is 50.1 Å². The van der Waals surface area contributed by atoms with Crippen molar-refractivity contribution in [3.63, 3.8) is 0 Å². The quantitative estimate of drug-likeness (QED) is 0.757. The number of nitrogens with one attached hydrogen (secondary N) is 2. The summed E-state index contributed by atoms with van der Waals surface area (Å²) >= 11 is 0. The Balaban J connectivity index is 1.62. The number of carbonyl (C=O) groups is 2. The summed E-state index contributed by atoms with van der Waals surface area (Å²) in [6, 6.07) is 14.4. The van der Waals surface area contributed by atoms with Crippen LogP contribution in [0.4, 0.5) is 10.5 Å². The first kappa shape index (κ1) is 21.5. The zero-order valence-electron chi connectivity index (χ0n) is 17.7. The second-order valence-corrected chi connectivity index (χ2v) is 7.42. The molecule has 1 aliphatic heterocycles. The highest BCUT2D eigenvalue weighted by molar-refractivity contribution is 5.90. The fraction of sp³-hybridized carbons (Fsp3) is 0.391. The third-order valence-corrected chi connectivity index (χ3v) is 5.37. The molecule has 2 aromatic rings. The van der Waals surface area contributed by atoms with Gasteiger partial charge in [0, 0.05) is 24.3 Å². The lowest BCUT2D eigenvalue weighted by atomic mass is 9.96. The zero-order valence-corrected chi connectivity index (χ0v) is 17.7. The Bertz CT molecular complexity index is 872. The number of para-hydroxylation sites is 1. The second-order valence-electron chi connectivity index (χ2n) is 7.42. The Kier molecular flexibility index (Phi) is 7.17. The van der Waals surface area contributed by atoms with Crippen molar-refractivity contribution in [3.05, 3.63) is 54.1 Å². The minimum atomic E-state index is -0.254. The number of carbonyl (C=O) groups excluding carboxylic acids is 2. The number of rotatable bonds is 6. The fourth-order valence-corrected chi connectivity index (χ4v) is 3.69. The van der Waals surface area contributed by atoms with Crippen molar-refractivity contribution in [1.82, 2.24) is 10.2 Å². The number of hydrogen-bond donors (Lipinski definition) is 2. The molecule has 2 aromatic carbocycles. The van der Waals surface area contributed by atoms with Crippen LogP contribution < -0.4 is 20.1 Å². The van der Waals surface area contributed by atoms with E-state index in [4.69, 9.17) is 9.47 Å². The van der Waals surface area contributed by atoms with Gasteiger partial charge in [-0.2, -0.15) is 0 Å². The third kappa shape index (κ3) is 5.23. The molecule has 0 spiro atoms. The highest BCUT2D eigenvalue weighted by Gasteiger charge is 2.29. The molecule has 3 rings (SSSR count). The standard InChI is InChI=1S/C23H29N3O4/c1-16(20-14-19(29-2)11-12-21(20)30-3)24-22(27)17-8-7-13-26(15-17)23(28)25-18-9-5-4-6-10-18/h4-6,9-12,14,16-17H,7-8,13,15H2,1-3H3,(H,24,27)(H,25,28)/t16-,17+/m0/s1. The molecule has 7 heteroatoms. The van der Waals surface area contributed by atoms with Gasteiger partial charge in [0.1, 0.15) is 11.5 Å². The monoisotopic (exact) mass is 411 g/mol. The van der Waals surface area contributed by atoms with Crippen LogP contribution in [-0.4, -0.2) is 44.1 Å². The molecule has 30 heavy (non-hydrogen) atoms. The van der Waals surface area contributed by atoms with Crippen LogP contribution in [0.3, 0.4) is 0 Å². The first-order valence-electron chi connectivity index (χ1n) is 10.1. The molecule has 1 heterocycles. The average Bonchev–Trinajstić information content (AvgIpc) is 2.79. The molecular formula is C23H29N3O4. The number of benzene rings is 2. The SMILES string of the molecule is COc1ccc(OC)c([C@H](C)NC(=O)[C@@H]2CCCN(C(=O)Nc3ccccc3)C2)c1. The van der Waals surface area contributed by atoms with Gasteiger partial charge in [-0.15, -0.1) is 0 Å². The minimum Gasteiger partial charge on any atom is -0.497 e. The van der Waals surface area contributed by atoms with Gasteiger partial charge in [-0.25, -0.2) is 4.79 Å². The molecule has 1 aliphatic rings. The normalized spacial score (nSPS) is 17.0. The van der Waals surface area contributed by atoms with Gasteiger partial charge < -0.3 is 25.0 Å². The number of ether oxygens (including phenoxy) is 2. The first-order chi connectivity index (χ1) is 14.5. The second kappa shape index (κ2) is 10.0. The summed E-state index contributed by atoms with van der Waals surface area (Å²) in [6.45, 7) is 2.95. The lowest BCUT2D eigenvalue weighted by Gasteiger charge is -2.32. The number of methoxy groups -OCH3 is 2. The molecule has 0 aliphatic carbocycles. The van der Waals surface area contributed by atoms with Gasteiger partial charge in [0.25, 0.3) is 0 Å². The number of urea groups is 1. The van der Waals surface area contributed by atoms with E-state index in [1.54, 1.807) is 19.1 Å². The van der Waals surface area contributed by atoms with Crippen LogP contribution in [0.15, 0.2) is 48.5 Å². The Labute approximate surface area is 177 Å². The molecule has 2 atom stereocenters. The van der Waals surface area contributed by atoms with E-state index in [2.05, 4.69) is 10.6 Å². The van der Waals surface area contributed by atoms with E-state index in [1.165, 1.54) is 0 Å². The molecule has 0 bridgehead atoms. The molecule has 0 unspecified atom stereocenters. The highest BCUT2D eigenvalue weighted by Crippen LogP contribution is 2.30. The maximum atomic E-state index is 12.9. The molecule has 7 nitrogen and oxygen atoms in total. The fourth-order valence-electron chi connectivity index (χ4n) is 3.69. The van der Waals surface area contributed by atoms with Crippen LogP contribution in [-0.2, 0) is 4.79 Å². The maximum absolute atomic E-state index is 12.9. The van der Waals surface area contributed by atoms with Crippen molar-refractivity contribution in [1.29, 1.82) is 0 Å². The predicted octanol–water partition coefficient (Wildman–Crippen LogP) is 3.83. The lowest BCUT2D eigenvalue weighted by Crippen LogP contribution is -2.47. The molecule has 1 saturated heterocycles. The summed E-state index contributed by atoms with van der Waals surface area (Å²) in [4.78, 5) is 27.2. The lowest BCUT2D eigenvalue weighted by molar-refractivity contribution is -0.126. The van der Waals surface area contributed by atoms with Crippen molar-refractivity contribution in [2.45, 2.75) is 25.8 Å². The minimum absolute atomic E-state index is 0.0652. The summed E-state index contributed by atoms with van der Waals surface area (Å²) in [5.41, 5.74) is 1.59. The van der Waals surface area contributed by atoms with Crippen LogP contribution in [0, 0.1) is 5.92 Å². The summed E-state index contributed by atoms with van der Waals surface area (Å²) in [5.74, 6) is 1.08. The molecule has 3 amide bonds. The smallest absolute Gasteiger partial charge is 0.321 e. The van der Waals surface area contributed by atoms with Crippen molar-refractivity contribution >= 4 is 17.6 Å². The molecular weight excluding hydrogens is 382 g/mol. The number of hydrogen-bond acceptors (Lipinski definition) is 4. The highest BCUT2D eigenvalue weighted by atomic mass is 16.5. The van der Waals surface area contributed by atoms with Gasteiger partial charge in [0.05, 0.1) is 26.2 Å². The summed E-state index contributed by atoms with van der Waals surface area (Å²) in [6.07, 6.45) is 1.54. The van der Waals surface area contributed by atoms with Crippen LogP contribution in [0.5, 0.6) is 11.5 Å². The van der Waals surface area contributed by atoms with E-state index >= 15 is 0 Å². The topological polar surface area (TPSA) is 79.9 Å². The number of anilines is 1. The van der Waals surface area contributed by atoms with E-state index in [9.17, 15) is 9.59 Å². The number of nitrogens with zero attached hydrogens (tertiary/aromatic N) is 1. The van der Waals surface area contributed by atoms with Gasteiger partial charge in [0.2, 0.25) is 5.91 Å². The van der Waals surface area contributed by atoms with Gasteiger partial charge in [-0.3, -0.25) is 4.79 Å². The van der Waals surface area contributed by atoms with Crippen molar-refractivity contribution in [3.8, 4) is 11.5 Å². The summed E-state index contributed by atoms with van der Waals surface area (Å²) < 4.78 is 10.7. The molecule has 2 N–H and O–H groups in total. The number of piperidine rings is 1. The van der Waals surface area contributed by atoms with Crippen LogP contribution in [0.25, 0.3) is 0 Å². The van der Waals surface area contributed by atoms with E-state index < -0.39 is 0 Å². The maximum Gasteiger partial charge on any atom is 0.321 e. The Morgan fingerprint density at radius 1 is 1.10 bits per heavy atom. The van der Waals surface area contributed by atoms with Crippen molar-refractivity contribution in [2.75, 3.05) is 32.6 Å². The largest absolute Gasteiger partial charge is 0.497 e. The molecule has 0 saturated carbocycles. The van der Waals surface area contributed by atoms with Crippen LogP contribution in [0.1, 0.15) is 31.4 Å². The van der Waals surface area contributed by atoms with E-state index in [0.717, 1.165) is 24.1 Å². The Hall–Kier alpha value is -3.22. The summed E-state index contributed by atoms with van der Waals surface area (Å²) in [5, 5.41) is 5.96. The van der Waals surface area contributed by atoms with Gasteiger partial charge >= 0.3 is 6.03 Å². The molecule has 0 radical (unpaired) electrons. The van der Waals surface area contributed by atoms with Crippen molar-refractivity contribution in [2.24, 2.45) is 5.92 Å².